The second-order valence-corrected chi connectivity index (χ2v) is 14.7. The van der Waals surface area contributed by atoms with Crippen LogP contribution in [0.3, 0.4) is 0 Å². The topological polar surface area (TPSA) is 115 Å². The second-order valence-electron chi connectivity index (χ2n) is 9.42. The van der Waals surface area contributed by atoms with Crippen LogP contribution in [-0.4, -0.2) is 25.3 Å². The van der Waals surface area contributed by atoms with Gasteiger partial charge in [0.15, 0.2) is 0 Å². The Morgan fingerprint density at radius 2 is 1.20 bits per heavy atom. The summed E-state index contributed by atoms with van der Waals surface area (Å²) in [6.07, 6.45) is 1.36. The molecule has 1 aliphatic heterocycles. The van der Waals surface area contributed by atoms with Crippen molar-refractivity contribution in [3.05, 3.63) is 119 Å². The highest BCUT2D eigenvalue weighted by Gasteiger charge is 2.38. The van der Waals surface area contributed by atoms with Gasteiger partial charge in [-0.3, -0.25) is 0 Å². The fourth-order valence-electron chi connectivity index (χ4n) is 4.30. The summed E-state index contributed by atoms with van der Waals surface area (Å²) in [5.41, 5.74) is 2.69. The molecule has 0 aliphatic carbocycles. The summed E-state index contributed by atoms with van der Waals surface area (Å²) in [5, 5.41) is 0. The van der Waals surface area contributed by atoms with Crippen molar-refractivity contribution in [1.29, 1.82) is 0 Å². The SMILES string of the molecule is Cc1ccc(S(=O)(=O)N(c2ccc3c(c2)C=C(c2ccccc2C)S(=O)(=O)O3)S(=O)(=O)c2ccc(C)cc2)cc1. The number of rotatable bonds is 6. The molecule has 206 valence electrons. The highest BCUT2D eigenvalue weighted by molar-refractivity contribution is 8.10. The number of benzene rings is 4. The van der Waals surface area contributed by atoms with E-state index in [1.807, 2.05) is 0 Å². The van der Waals surface area contributed by atoms with Crippen LogP contribution in [0.4, 0.5) is 5.69 Å². The first kappa shape index (κ1) is 27.6. The van der Waals surface area contributed by atoms with Crippen LogP contribution in [0, 0.1) is 20.8 Å². The van der Waals surface area contributed by atoms with Gasteiger partial charge < -0.3 is 4.18 Å². The molecule has 8 nitrogen and oxygen atoms in total. The minimum absolute atomic E-state index is 0.0542. The van der Waals surface area contributed by atoms with Crippen molar-refractivity contribution < 1.29 is 29.4 Å². The van der Waals surface area contributed by atoms with Crippen LogP contribution in [-0.2, 0) is 30.2 Å². The smallest absolute Gasteiger partial charge is 0.339 e. The van der Waals surface area contributed by atoms with E-state index < -0.39 is 30.2 Å². The average Bonchev–Trinajstić information content (AvgIpc) is 2.89. The first-order valence-electron chi connectivity index (χ1n) is 12.1. The third-order valence-electron chi connectivity index (χ3n) is 6.44. The van der Waals surface area contributed by atoms with Crippen molar-refractivity contribution in [2.45, 2.75) is 30.6 Å². The maximum absolute atomic E-state index is 13.9. The van der Waals surface area contributed by atoms with Gasteiger partial charge in [0.2, 0.25) is 0 Å². The molecule has 0 bridgehead atoms. The lowest BCUT2D eigenvalue weighted by Gasteiger charge is -2.26. The molecule has 0 fully saturated rings. The fraction of sp³-hybridized carbons (Fsp3) is 0.103. The van der Waals surface area contributed by atoms with Gasteiger partial charge in [0, 0.05) is 5.56 Å². The lowest BCUT2D eigenvalue weighted by atomic mass is 10.1. The van der Waals surface area contributed by atoms with Gasteiger partial charge >= 0.3 is 10.1 Å². The van der Waals surface area contributed by atoms with E-state index in [2.05, 4.69) is 0 Å². The van der Waals surface area contributed by atoms with E-state index >= 15 is 0 Å². The minimum Gasteiger partial charge on any atom is -0.378 e. The molecular weight excluding hydrogens is 571 g/mol. The fourth-order valence-corrected chi connectivity index (χ4v) is 9.22. The van der Waals surface area contributed by atoms with Crippen LogP contribution in [0.2, 0.25) is 0 Å². The van der Waals surface area contributed by atoms with Gasteiger partial charge in [0.05, 0.1) is 15.5 Å². The minimum atomic E-state index is -4.64. The number of aryl methyl sites for hydroxylation is 3. The monoisotopic (exact) mass is 595 g/mol. The third-order valence-corrected chi connectivity index (χ3v) is 11.9. The van der Waals surface area contributed by atoms with E-state index in [0.717, 1.165) is 11.1 Å². The summed E-state index contributed by atoms with van der Waals surface area (Å²) in [5.74, 6) is -0.0542. The van der Waals surface area contributed by atoms with Crippen molar-refractivity contribution >= 4 is 46.8 Å². The maximum atomic E-state index is 13.9. The Balaban J connectivity index is 1.74. The first-order valence-corrected chi connectivity index (χ1v) is 16.4. The number of hydrogen-bond acceptors (Lipinski definition) is 7. The molecule has 0 saturated carbocycles. The molecule has 5 rings (SSSR count). The summed E-state index contributed by atoms with van der Waals surface area (Å²) in [6.45, 7) is 5.32. The Morgan fingerprint density at radius 3 is 1.73 bits per heavy atom. The summed E-state index contributed by atoms with van der Waals surface area (Å²) >= 11 is 0. The van der Waals surface area contributed by atoms with Crippen LogP contribution in [0.5, 0.6) is 5.75 Å². The zero-order valence-electron chi connectivity index (χ0n) is 21.8. The van der Waals surface area contributed by atoms with Gasteiger partial charge in [0.25, 0.3) is 20.0 Å². The Hall–Kier alpha value is -3.93. The van der Waals surface area contributed by atoms with E-state index in [-0.39, 0.29) is 31.7 Å². The predicted octanol–water partition coefficient (Wildman–Crippen LogP) is 5.42. The number of hydrogen-bond donors (Lipinski definition) is 0. The van der Waals surface area contributed by atoms with Gasteiger partial charge in [-0.15, -0.1) is 0 Å². The molecule has 4 aromatic carbocycles. The molecule has 0 radical (unpaired) electrons. The number of sulfonamides is 2. The average molecular weight is 596 g/mol. The zero-order chi connectivity index (χ0) is 28.9. The molecule has 4 aromatic rings. The summed E-state index contributed by atoms with van der Waals surface area (Å²) < 4.78 is 87.4. The van der Waals surface area contributed by atoms with Crippen LogP contribution in [0.1, 0.15) is 27.8 Å². The van der Waals surface area contributed by atoms with Crippen LogP contribution >= 0.6 is 0 Å². The van der Waals surface area contributed by atoms with Gasteiger partial charge in [0.1, 0.15) is 10.7 Å². The maximum Gasteiger partial charge on any atom is 0.339 e. The van der Waals surface area contributed by atoms with E-state index in [9.17, 15) is 25.3 Å². The van der Waals surface area contributed by atoms with Crippen molar-refractivity contribution in [2.75, 3.05) is 3.71 Å². The normalized spacial score (nSPS) is 14.5. The van der Waals surface area contributed by atoms with Gasteiger partial charge in [-0.2, -0.15) is 12.1 Å². The summed E-state index contributed by atoms with van der Waals surface area (Å²) in [7, 11) is -13.5. The molecule has 40 heavy (non-hydrogen) atoms. The van der Waals surface area contributed by atoms with Gasteiger partial charge in [-0.05, 0) is 80.4 Å². The Morgan fingerprint density at radius 1 is 0.675 bits per heavy atom. The molecular formula is C29H25NO7S3. The summed E-state index contributed by atoms with van der Waals surface area (Å²) in [4.78, 5) is -0.562. The second kappa shape index (κ2) is 9.92. The van der Waals surface area contributed by atoms with Crippen molar-refractivity contribution in [2.24, 2.45) is 0 Å². The number of anilines is 1. The van der Waals surface area contributed by atoms with E-state index in [0.29, 0.717) is 14.8 Å². The van der Waals surface area contributed by atoms with Crippen molar-refractivity contribution in [1.82, 2.24) is 0 Å². The Bertz CT molecular complexity index is 1900. The lowest BCUT2D eigenvalue weighted by Crippen LogP contribution is -2.37. The molecule has 1 aliphatic rings. The predicted molar refractivity (Wildman–Crippen MR) is 154 cm³/mol. The molecule has 0 aromatic heterocycles. The Kier molecular flexibility index (Phi) is 6.85. The van der Waals surface area contributed by atoms with Crippen molar-refractivity contribution in [3.63, 3.8) is 0 Å². The highest BCUT2D eigenvalue weighted by Crippen LogP contribution is 2.40. The van der Waals surface area contributed by atoms with E-state index in [1.165, 1.54) is 48.5 Å². The summed E-state index contributed by atoms with van der Waals surface area (Å²) in [6, 6.07) is 22.2. The molecule has 0 N–H and O–H groups in total. The molecule has 11 heteroatoms. The highest BCUT2D eigenvalue weighted by atomic mass is 32.3. The molecule has 0 spiro atoms. The molecule has 0 atom stereocenters. The third kappa shape index (κ3) is 4.91. The van der Waals surface area contributed by atoms with E-state index in [4.69, 9.17) is 4.18 Å². The number of fused-ring (bicyclic) bond motifs is 1. The molecule has 0 unspecified atom stereocenters. The van der Waals surface area contributed by atoms with E-state index in [1.54, 1.807) is 69.3 Å². The standard InChI is InChI=1S/C29H25NO7S3/c1-20-8-13-25(14-9-20)38(31,32)30(39(33,34)26-15-10-21(2)11-16-26)24-12-17-28-23(18-24)19-29(40(35,36)37-28)27-7-5-4-6-22(27)3/h4-19H,1-3H3. The van der Waals surface area contributed by atoms with Crippen LogP contribution in [0.15, 0.2) is 101 Å². The Labute approximate surface area is 234 Å². The number of nitrogens with zero attached hydrogens (tertiary/aromatic N) is 1. The van der Waals surface area contributed by atoms with Crippen LogP contribution < -0.4 is 7.89 Å². The lowest BCUT2D eigenvalue weighted by molar-refractivity contribution is 0.496. The molecule has 0 saturated heterocycles. The molecule has 0 amide bonds. The van der Waals surface area contributed by atoms with Gasteiger partial charge in [-0.25, -0.2) is 16.8 Å². The first-order chi connectivity index (χ1) is 18.8. The molecule has 1 heterocycles. The largest absolute Gasteiger partial charge is 0.378 e. The quantitative estimate of drug-likeness (QED) is 0.274. The van der Waals surface area contributed by atoms with Crippen LogP contribution in [0.25, 0.3) is 11.0 Å². The van der Waals surface area contributed by atoms with Crippen molar-refractivity contribution in [3.8, 4) is 5.75 Å². The zero-order valence-corrected chi connectivity index (χ0v) is 24.2. The van der Waals surface area contributed by atoms with Gasteiger partial charge in [-0.1, -0.05) is 59.7 Å².